The van der Waals surface area contributed by atoms with Gasteiger partial charge in [0.05, 0.1) is 18.1 Å². The molecule has 1 aromatic heterocycles. The van der Waals surface area contributed by atoms with Gasteiger partial charge >= 0.3 is 0 Å². The van der Waals surface area contributed by atoms with Crippen LogP contribution in [0, 0.1) is 12.3 Å². The second-order valence-electron chi connectivity index (χ2n) is 3.05. The van der Waals surface area contributed by atoms with Gasteiger partial charge in [-0.05, 0) is 13.5 Å². The molecule has 0 fully saturated rings. The van der Waals surface area contributed by atoms with Crippen LogP contribution in [0.25, 0.3) is 0 Å². The summed E-state index contributed by atoms with van der Waals surface area (Å²) in [7, 11) is 3.89. The van der Waals surface area contributed by atoms with Crippen LogP contribution in [-0.2, 0) is 7.05 Å². The van der Waals surface area contributed by atoms with Gasteiger partial charge in [-0.3, -0.25) is 0 Å². The van der Waals surface area contributed by atoms with E-state index in [0.29, 0.717) is 0 Å². The van der Waals surface area contributed by atoms with Crippen molar-refractivity contribution >= 4 is 0 Å². The summed E-state index contributed by atoms with van der Waals surface area (Å²) in [4.78, 5) is 4.27. The number of aromatic nitrogens is 2. The molecule has 1 heterocycles. The Morgan fingerprint density at radius 3 is 3.00 bits per heavy atom. The first-order chi connectivity index (χ1) is 6.27. The minimum absolute atomic E-state index is 0.275. The van der Waals surface area contributed by atoms with Crippen LogP contribution < -0.4 is 5.32 Å². The zero-order chi connectivity index (χ0) is 9.68. The van der Waals surface area contributed by atoms with Gasteiger partial charge in [-0.1, -0.05) is 0 Å². The van der Waals surface area contributed by atoms with Gasteiger partial charge in [0, 0.05) is 19.7 Å². The van der Waals surface area contributed by atoms with Gasteiger partial charge in [0.15, 0.2) is 0 Å². The van der Waals surface area contributed by atoms with Crippen molar-refractivity contribution in [2.75, 3.05) is 7.05 Å². The van der Waals surface area contributed by atoms with E-state index < -0.39 is 0 Å². The lowest BCUT2D eigenvalue weighted by atomic mass is 10.1. The first kappa shape index (κ1) is 9.82. The molecule has 0 saturated heterocycles. The molecule has 0 aliphatic heterocycles. The number of nitrogens with one attached hydrogen (secondary N) is 1. The van der Waals surface area contributed by atoms with Crippen LogP contribution in [0.3, 0.4) is 0 Å². The highest BCUT2D eigenvalue weighted by molar-refractivity contribution is 5.04. The van der Waals surface area contributed by atoms with Crippen molar-refractivity contribution in [2.45, 2.75) is 18.9 Å². The fraction of sp³-hybridized carbons (Fsp3) is 0.500. The number of nitrogens with zero attached hydrogens (tertiary/aromatic N) is 2. The summed E-state index contributed by atoms with van der Waals surface area (Å²) in [6.45, 7) is 0. The Balaban J connectivity index is 2.62. The van der Waals surface area contributed by atoms with Crippen molar-refractivity contribution in [1.29, 1.82) is 0 Å². The summed E-state index contributed by atoms with van der Waals surface area (Å²) in [6, 6.07) is 0.275. The van der Waals surface area contributed by atoms with E-state index in [-0.39, 0.29) is 6.04 Å². The lowest BCUT2D eigenvalue weighted by molar-refractivity contribution is 0.546. The molecule has 0 aromatic carbocycles. The second-order valence-corrected chi connectivity index (χ2v) is 3.05. The van der Waals surface area contributed by atoms with Crippen LogP contribution in [0.4, 0.5) is 0 Å². The molecule has 0 bridgehead atoms. The third-order valence-corrected chi connectivity index (χ3v) is 2.01. The first-order valence-electron chi connectivity index (χ1n) is 4.36. The molecule has 0 amide bonds. The molecule has 1 rings (SSSR count). The van der Waals surface area contributed by atoms with Gasteiger partial charge in [0.2, 0.25) is 0 Å². The third kappa shape index (κ3) is 2.60. The van der Waals surface area contributed by atoms with Crippen molar-refractivity contribution < 1.29 is 0 Å². The van der Waals surface area contributed by atoms with E-state index in [1.165, 1.54) is 0 Å². The molecule has 3 nitrogen and oxygen atoms in total. The van der Waals surface area contributed by atoms with E-state index in [0.717, 1.165) is 18.5 Å². The van der Waals surface area contributed by atoms with Gasteiger partial charge in [0.1, 0.15) is 0 Å². The maximum Gasteiger partial charge on any atom is 0.0947 e. The lowest BCUT2D eigenvalue weighted by Gasteiger charge is -2.11. The van der Waals surface area contributed by atoms with Crippen molar-refractivity contribution in [3.63, 3.8) is 0 Å². The highest BCUT2D eigenvalue weighted by atomic mass is 15.0. The molecule has 0 spiro atoms. The zero-order valence-corrected chi connectivity index (χ0v) is 8.12. The average Bonchev–Trinajstić information content (AvgIpc) is 2.54. The quantitative estimate of drug-likeness (QED) is 0.698. The molecule has 0 aliphatic carbocycles. The Hall–Kier alpha value is -1.27. The summed E-state index contributed by atoms with van der Waals surface area (Å²) in [5.74, 6) is 2.63. The Kier molecular flexibility index (Phi) is 3.53. The smallest absolute Gasteiger partial charge is 0.0947 e. The van der Waals surface area contributed by atoms with Crippen LogP contribution in [-0.4, -0.2) is 16.6 Å². The largest absolute Gasteiger partial charge is 0.340 e. The van der Waals surface area contributed by atoms with E-state index >= 15 is 0 Å². The van der Waals surface area contributed by atoms with Gasteiger partial charge < -0.3 is 9.88 Å². The molecule has 1 atom stereocenters. The first-order valence-corrected chi connectivity index (χ1v) is 4.36. The summed E-state index contributed by atoms with van der Waals surface area (Å²) in [5, 5.41) is 3.20. The standard InChI is InChI=1S/C10H15N3/c1-4-5-6-9(11-2)10-7-13(3)8-12-10/h1,7-9,11H,5-6H2,2-3H3. The Bertz CT molecular complexity index is 295. The number of hydrogen-bond donors (Lipinski definition) is 1. The molecule has 70 valence electrons. The molecule has 13 heavy (non-hydrogen) atoms. The summed E-state index contributed by atoms with van der Waals surface area (Å²) >= 11 is 0. The number of terminal acetylenes is 1. The minimum atomic E-state index is 0.275. The Morgan fingerprint density at radius 1 is 1.77 bits per heavy atom. The summed E-state index contributed by atoms with van der Waals surface area (Å²) in [5.41, 5.74) is 1.06. The van der Waals surface area contributed by atoms with E-state index in [1.54, 1.807) is 6.33 Å². The maximum atomic E-state index is 5.21. The molecular weight excluding hydrogens is 162 g/mol. The van der Waals surface area contributed by atoms with Crippen molar-refractivity contribution in [2.24, 2.45) is 7.05 Å². The molecule has 0 radical (unpaired) electrons. The average molecular weight is 177 g/mol. The maximum absolute atomic E-state index is 5.21. The molecule has 1 unspecified atom stereocenters. The van der Waals surface area contributed by atoms with Crippen LogP contribution in [0.2, 0.25) is 0 Å². The number of imidazole rings is 1. The highest BCUT2D eigenvalue weighted by Gasteiger charge is 2.10. The number of rotatable bonds is 4. The van der Waals surface area contributed by atoms with Crippen LogP contribution >= 0.6 is 0 Å². The molecule has 1 aromatic rings. The van der Waals surface area contributed by atoms with E-state index in [9.17, 15) is 0 Å². The lowest BCUT2D eigenvalue weighted by Crippen LogP contribution is -2.16. The molecule has 3 heteroatoms. The van der Waals surface area contributed by atoms with Gasteiger partial charge in [-0.15, -0.1) is 12.3 Å². The van der Waals surface area contributed by atoms with Crippen molar-refractivity contribution in [3.8, 4) is 12.3 Å². The van der Waals surface area contributed by atoms with E-state index in [4.69, 9.17) is 6.42 Å². The van der Waals surface area contributed by atoms with Crippen LogP contribution in [0.1, 0.15) is 24.6 Å². The molecule has 0 aliphatic rings. The fourth-order valence-electron chi connectivity index (χ4n) is 1.28. The Morgan fingerprint density at radius 2 is 2.54 bits per heavy atom. The minimum Gasteiger partial charge on any atom is -0.340 e. The summed E-state index contributed by atoms with van der Waals surface area (Å²) < 4.78 is 1.94. The topological polar surface area (TPSA) is 29.9 Å². The predicted octanol–water partition coefficient (Wildman–Crippen LogP) is 1.09. The Labute approximate surface area is 79.2 Å². The zero-order valence-electron chi connectivity index (χ0n) is 8.12. The van der Waals surface area contributed by atoms with Gasteiger partial charge in [-0.2, -0.15) is 0 Å². The molecule has 1 N–H and O–H groups in total. The van der Waals surface area contributed by atoms with Crippen LogP contribution in [0.5, 0.6) is 0 Å². The van der Waals surface area contributed by atoms with Gasteiger partial charge in [-0.25, -0.2) is 4.98 Å². The van der Waals surface area contributed by atoms with Gasteiger partial charge in [0.25, 0.3) is 0 Å². The highest BCUT2D eigenvalue weighted by Crippen LogP contribution is 2.14. The SMILES string of the molecule is C#CCCC(NC)c1cn(C)cn1. The predicted molar refractivity (Wildman–Crippen MR) is 53.1 cm³/mol. The van der Waals surface area contributed by atoms with E-state index in [1.807, 2.05) is 24.9 Å². The fourth-order valence-corrected chi connectivity index (χ4v) is 1.28. The van der Waals surface area contributed by atoms with E-state index in [2.05, 4.69) is 16.2 Å². The normalized spacial score (nSPS) is 12.4. The third-order valence-electron chi connectivity index (χ3n) is 2.01. The second kappa shape index (κ2) is 4.68. The molecule has 0 saturated carbocycles. The van der Waals surface area contributed by atoms with Crippen molar-refractivity contribution in [1.82, 2.24) is 14.9 Å². The molecular formula is C10H15N3. The number of aryl methyl sites for hydroxylation is 1. The number of hydrogen-bond acceptors (Lipinski definition) is 2. The summed E-state index contributed by atoms with van der Waals surface area (Å²) in [6.07, 6.45) is 10.7. The van der Waals surface area contributed by atoms with Crippen molar-refractivity contribution in [3.05, 3.63) is 18.2 Å². The van der Waals surface area contributed by atoms with Crippen LogP contribution in [0.15, 0.2) is 12.5 Å². The monoisotopic (exact) mass is 177 g/mol.